The van der Waals surface area contributed by atoms with Crippen molar-refractivity contribution in [3.05, 3.63) is 41.5 Å². The summed E-state index contributed by atoms with van der Waals surface area (Å²) in [7, 11) is 4.18. The summed E-state index contributed by atoms with van der Waals surface area (Å²) < 4.78 is 7.76. The Morgan fingerprint density at radius 3 is 2.45 bits per heavy atom. The van der Waals surface area contributed by atoms with E-state index in [2.05, 4.69) is 95.9 Å². The summed E-state index contributed by atoms with van der Waals surface area (Å²) in [5, 5.41) is 14.1. The Kier molecular flexibility index (Phi) is 8.26. The first-order valence-electron chi connectivity index (χ1n) is 11.1. The van der Waals surface area contributed by atoms with Crippen molar-refractivity contribution >= 4 is 11.8 Å². The second-order valence-corrected chi connectivity index (χ2v) is 9.25. The van der Waals surface area contributed by atoms with Crippen molar-refractivity contribution in [3.8, 4) is 11.4 Å². The van der Waals surface area contributed by atoms with Gasteiger partial charge in [0.25, 0.3) is 0 Å². The Labute approximate surface area is 189 Å². The molecule has 3 aromatic rings. The average molecular weight is 443 g/mol. The molecule has 0 saturated heterocycles. The van der Waals surface area contributed by atoms with Gasteiger partial charge in [-0.1, -0.05) is 75.3 Å². The fourth-order valence-corrected chi connectivity index (χ4v) is 4.34. The van der Waals surface area contributed by atoms with Gasteiger partial charge in [-0.05, 0) is 38.4 Å². The molecular weight excluding hydrogens is 408 g/mol. The number of rotatable bonds is 11. The van der Waals surface area contributed by atoms with Gasteiger partial charge in [0.1, 0.15) is 0 Å². The lowest BCUT2D eigenvalue weighted by Gasteiger charge is -2.23. The van der Waals surface area contributed by atoms with Crippen LogP contribution in [0.2, 0.25) is 0 Å². The summed E-state index contributed by atoms with van der Waals surface area (Å²) in [5.74, 6) is 3.32. The van der Waals surface area contributed by atoms with Crippen molar-refractivity contribution < 1.29 is 4.52 Å². The Morgan fingerprint density at radius 2 is 1.84 bits per heavy atom. The van der Waals surface area contributed by atoms with Crippen molar-refractivity contribution in [1.29, 1.82) is 0 Å². The topological polar surface area (TPSA) is 72.9 Å². The number of nitrogens with zero attached hydrogens (tertiary/aromatic N) is 6. The van der Waals surface area contributed by atoms with Crippen LogP contribution >= 0.6 is 11.8 Å². The third-order valence-electron chi connectivity index (χ3n) is 5.42. The number of benzene rings is 1. The van der Waals surface area contributed by atoms with Gasteiger partial charge >= 0.3 is 0 Å². The molecule has 1 aromatic carbocycles. The van der Waals surface area contributed by atoms with E-state index in [1.165, 1.54) is 5.56 Å². The first kappa shape index (κ1) is 23.5. The average Bonchev–Trinajstić information content (AvgIpc) is 3.38. The van der Waals surface area contributed by atoms with Crippen LogP contribution in [0.25, 0.3) is 11.4 Å². The van der Waals surface area contributed by atoms with E-state index in [1.54, 1.807) is 11.8 Å². The van der Waals surface area contributed by atoms with Gasteiger partial charge < -0.3 is 9.09 Å². The van der Waals surface area contributed by atoms with Crippen LogP contribution in [0.5, 0.6) is 0 Å². The molecule has 0 fully saturated rings. The third-order valence-corrected chi connectivity index (χ3v) is 6.37. The van der Waals surface area contributed by atoms with Crippen LogP contribution in [0.1, 0.15) is 76.2 Å². The number of hydrogen-bond acceptors (Lipinski definition) is 7. The molecule has 0 saturated carbocycles. The molecule has 1 atom stereocenters. The highest BCUT2D eigenvalue weighted by atomic mass is 32.2. The van der Waals surface area contributed by atoms with E-state index in [0.29, 0.717) is 23.4 Å². The maximum absolute atomic E-state index is 5.51. The minimum Gasteiger partial charge on any atom is -0.338 e. The molecule has 8 heteroatoms. The highest BCUT2D eigenvalue weighted by Crippen LogP contribution is 2.28. The summed E-state index contributed by atoms with van der Waals surface area (Å²) in [6, 6.07) is 8.60. The molecule has 31 heavy (non-hydrogen) atoms. The van der Waals surface area contributed by atoms with E-state index in [1.807, 2.05) is 0 Å². The molecule has 168 valence electrons. The number of thioether (sulfide) groups is 1. The van der Waals surface area contributed by atoms with Gasteiger partial charge in [0.05, 0.1) is 11.8 Å². The summed E-state index contributed by atoms with van der Waals surface area (Å²) in [6.07, 6.45) is 3.22. The number of unbranched alkanes of at least 4 members (excludes halogenated alkanes) is 1. The van der Waals surface area contributed by atoms with Gasteiger partial charge in [-0.3, -0.25) is 4.90 Å². The predicted molar refractivity (Wildman–Crippen MR) is 125 cm³/mol. The van der Waals surface area contributed by atoms with Crippen molar-refractivity contribution in [2.75, 3.05) is 14.1 Å². The molecule has 7 nitrogen and oxygen atoms in total. The molecular formula is C23H34N6OS. The summed E-state index contributed by atoms with van der Waals surface area (Å²) >= 11 is 1.60. The zero-order valence-electron chi connectivity index (χ0n) is 19.5. The number of aromatic nitrogens is 5. The molecule has 1 unspecified atom stereocenters. The zero-order valence-corrected chi connectivity index (χ0v) is 20.3. The van der Waals surface area contributed by atoms with Crippen LogP contribution in [0.15, 0.2) is 33.9 Å². The monoisotopic (exact) mass is 442 g/mol. The van der Waals surface area contributed by atoms with Gasteiger partial charge in [0.15, 0.2) is 11.0 Å². The SMILES string of the molecule is CCCCn1c(SCc2nc(-c3ccc(C(C)C)cc3)no2)nnc1C(CC)N(C)C. The first-order valence-corrected chi connectivity index (χ1v) is 12.1. The Morgan fingerprint density at radius 1 is 1.10 bits per heavy atom. The molecule has 0 spiro atoms. The molecule has 2 aromatic heterocycles. The second-order valence-electron chi connectivity index (χ2n) is 8.31. The molecule has 0 radical (unpaired) electrons. The molecule has 0 aliphatic heterocycles. The maximum atomic E-state index is 5.51. The lowest BCUT2D eigenvalue weighted by atomic mass is 10.0. The van der Waals surface area contributed by atoms with Crippen LogP contribution in [0.3, 0.4) is 0 Å². The van der Waals surface area contributed by atoms with Gasteiger partial charge in [-0.15, -0.1) is 10.2 Å². The Hall–Kier alpha value is -2.19. The lowest BCUT2D eigenvalue weighted by molar-refractivity contribution is 0.270. The fraction of sp³-hybridized carbons (Fsp3) is 0.565. The summed E-state index contributed by atoms with van der Waals surface area (Å²) in [4.78, 5) is 6.79. The van der Waals surface area contributed by atoms with Crippen molar-refractivity contribution in [2.45, 2.75) is 76.4 Å². The van der Waals surface area contributed by atoms with E-state index in [9.17, 15) is 0 Å². The van der Waals surface area contributed by atoms with Crippen molar-refractivity contribution in [3.63, 3.8) is 0 Å². The molecule has 0 amide bonds. The summed E-state index contributed by atoms with van der Waals surface area (Å²) in [5.41, 5.74) is 2.27. The van der Waals surface area contributed by atoms with E-state index < -0.39 is 0 Å². The van der Waals surface area contributed by atoms with Crippen LogP contribution in [-0.4, -0.2) is 43.9 Å². The van der Waals surface area contributed by atoms with Gasteiger partial charge in [-0.25, -0.2) is 0 Å². The van der Waals surface area contributed by atoms with E-state index in [0.717, 1.165) is 42.4 Å². The number of hydrogen-bond donors (Lipinski definition) is 0. The molecule has 0 N–H and O–H groups in total. The van der Waals surface area contributed by atoms with E-state index in [-0.39, 0.29) is 6.04 Å². The van der Waals surface area contributed by atoms with Crippen LogP contribution < -0.4 is 0 Å². The minimum absolute atomic E-state index is 0.252. The maximum Gasteiger partial charge on any atom is 0.237 e. The van der Waals surface area contributed by atoms with Crippen molar-refractivity contribution in [2.24, 2.45) is 0 Å². The third kappa shape index (κ3) is 5.74. The first-order chi connectivity index (χ1) is 14.9. The minimum atomic E-state index is 0.252. The predicted octanol–water partition coefficient (Wildman–Crippen LogP) is 5.56. The second kappa shape index (κ2) is 10.9. The molecule has 0 aliphatic carbocycles. The van der Waals surface area contributed by atoms with Gasteiger partial charge in [0.2, 0.25) is 11.7 Å². The van der Waals surface area contributed by atoms with Crippen LogP contribution in [0, 0.1) is 0 Å². The van der Waals surface area contributed by atoms with Crippen LogP contribution in [-0.2, 0) is 12.3 Å². The largest absolute Gasteiger partial charge is 0.338 e. The Balaban J connectivity index is 1.73. The molecule has 2 heterocycles. The van der Waals surface area contributed by atoms with Gasteiger partial charge in [-0.2, -0.15) is 4.98 Å². The normalized spacial score (nSPS) is 12.8. The van der Waals surface area contributed by atoms with E-state index in [4.69, 9.17) is 4.52 Å². The highest BCUT2D eigenvalue weighted by molar-refractivity contribution is 7.98. The fourth-order valence-electron chi connectivity index (χ4n) is 3.53. The molecule has 3 rings (SSSR count). The molecule has 0 bridgehead atoms. The summed E-state index contributed by atoms with van der Waals surface area (Å²) in [6.45, 7) is 9.68. The smallest absolute Gasteiger partial charge is 0.237 e. The van der Waals surface area contributed by atoms with Crippen molar-refractivity contribution in [1.82, 2.24) is 29.8 Å². The van der Waals surface area contributed by atoms with Crippen LogP contribution in [0.4, 0.5) is 0 Å². The highest BCUT2D eigenvalue weighted by Gasteiger charge is 2.22. The van der Waals surface area contributed by atoms with E-state index >= 15 is 0 Å². The molecule has 0 aliphatic rings. The lowest BCUT2D eigenvalue weighted by Crippen LogP contribution is -2.23. The van der Waals surface area contributed by atoms with Gasteiger partial charge in [0, 0.05) is 12.1 Å². The zero-order chi connectivity index (χ0) is 22.4. The standard InChI is InChI=1S/C23H34N6OS/c1-7-9-14-29-22(19(8-2)28(5)6)25-26-23(29)31-15-20-24-21(27-30-20)18-12-10-17(11-13-18)16(3)4/h10-13,16,19H,7-9,14-15H2,1-6H3. The quantitative estimate of drug-likeness (QED) is 0.360. The Bertz CT molecular complexity index is 947.